The summed E-state index contributed by atoms with van der Waals surface area (Å²) >= 11 is 1.38. The molecule has 150 valence electrons. The van der Waals surface area contributed by atoms with E-state index in [2.05, 4.69) is 51.6 Å². The molecule has 1 amide bonds. The van der Waals surface area contributed by atoms with Crippen LogP contribution in [-0.2, 0) is 4.79 Å². The maximum absolute atomic E-state index is 12.7. The highest BCUT2D eigenvalue weighted by atomic mass is 32.2. The first-order chi connectivity index (χ1) is 14.1. The second kappa shape index (κ2) is 8.65. The number of anilines is 1. The van der Waals surface area contributed by atoms with Gasteiger partial charge in [-0.25, -0.2) is 0 Å². The summed E-state index contributed by atoms with van der Waals surface area (Å²) in [6, 6.07) is 16.5. The first-order valence-electron chi connectivity index (χ1n) is 9.68. The van der Waals surface area contributed by atoms with E-state index in [4.69, 9.17) is 0 Å². The smallest absolute Gasteiger partial charge is 0.233 e. The molecule has 0 N–H and O–H groups in total. The largest absolute Gasteiger partial charge is 0.368 e. The minimum absolute atomic E-state index is 0.123. The van der Waals surface area contributed by atoms with Gasteiger partial charge in [0.1, 0.15) is 0 Å². The van der Waals surface area contributed by atoms with Crippen LogP contribution in [0.2, 0.25) is 0 Å². The molecule has 1 aliphatic rings. The number of carbonyl (C=O) groups excluding carboxylic acids is 1. The van der Waals surface area contributed by atoms with Crippen LogP contribution in [0, 0.1) is 13.8 Å². The normalized spacial score (nSPS) is 14.3. The molecule has 8 heteroatoms. The molecule has 7 nitrogen and oxygen atoms in total. The van der Waals surface area contributed by atoms with E-state index in [0.29, 0.717) is 10.9 Å². The van der Waals surface area contributed by atoms with E-state index < -0.39 is 0 Å². The summed E-state index contributed by atoms with van der Waals surface area (Å²) in [7, 11) is 0. The predicted molar refractivity (Wildman–Crippen MR) is 115 cm³/mol. The van der Waals surface area contributed by atoms with Crippen LogP contribution in [0.15, 0.2) is 53.7 Å². The zero-order chi connectivity index (χ0) is 20.2. The Labute approximate surface area is 174 Å². The molecule has 3 aromatic rings. The summed E-state index contributed by atoms with van der Waals surface area (Å²) in [4.78, 5) is 17.0. The maximum atomic E-state index is 12.7. The van der Waals surface area contributed by atoms with E-state index in [9.17, 15) is 4.79 Å². The lowest BCUT2D eigenvalue weighted by molar-refractivity contribution is -0.128. The van der Waals surface area contributed by atoms with Crippen LogP contribution >= 0.6 is 11.8 Å². The SMILES string of the molecule is Cc1cccc(N2CCN(C(=O)CSc3nnnn3-c3cccc(C)c3)CC2)c1. The van der Waals surface area contributed by atoms with Crippen molar-refractivity contribution in [3.63, 3.8) is 0 Å². The van der Waals surface area contributed by atoms with Gasteiger partial charge < -0.3 is 9.80 Å². The Morgan fingerprint density at radius 2 is 1.62 bits per heavy atom. The minimum atomic E-state index is 0.123. The molecule has 0 aliphatic carbocycles. The van der Waals surface area contributed by atoms with Crippen molar-refractivity contribution in [1.82, 2.24) is 25.1 Å². The third-order valence-electron chi connectivity index (χ3n) is 5.01. The van der Waals surface area contributed by atoms with Gasteiger partial charge >= 0.3 is 0 Å². The highest BCUT2D eigenvalue weighted by Gasteiger charge is 2.22. The number of amides is 1. The molecule has 29 heavy (non-hydrogen) atoms. The zero-order valence-electron chi connectivity index (χ0n) is 16.7. The summed E-state index contributed by atoms with van der Waals surface area (Å²) in [6.45, 7) is 7.29. The second-order valence-corrected chi connectivity index (χ2v) is 8.15. The quantitative estimate of drug-likeness (QED) is 0.605. The summed E-state index contributed by atoms with van der Waals surface area (Å²) in [5, 5.41) is 12.6. The van der Waals surface area contributed by atoms with Crippen molar-refractivity contribution in [1.29, 1.82) is 0 Å². The molecule has 0 atom stereocenters. The summed E-state index contributed by atoms with van der Waals surface area (Å²) in [6.07, 6.45) is 0. The van der Waals surface area contributed by atoms with Crippen molar-refractivity contribution in [3.05, 3.63) is 59.7 Å². The fourth-order valence-electron chi connectivity index (χ4n) is 3.45. The fraction of sp³-hybridized carbons (Fsp3) is 0.333. The van der Waals surface area contributed by atoms with Crippen LogP contribution in [-0.4, -0.2) is 62.9 Å². The second-order valence-electron chi connectivity index (χ2n) is 7.21. The van der Waals surface area contributed by atoms with Crippen LogP contribution in [0.1, 0.15) is 11.1 Å². The van der Waals surface area contributed by atoms with E-state index in [1.54, 1.807) is 4.68 Å². The lowest BCUT2D eigenvalue weighted by Gasteiger charge is -2.36. The third kappa shape index (κ3) is 4.59. The molecule has 1 aromatic heterocycles. The number of carbonyl (C=O) groups is 1. The highest BCUT2D eigenvalue weighted by molar-refractivity contribution is 7.99. The van der Waals surface area contributed by atoms with Gasteiger partial charge in [0.25, 0.3) is 0 Å². The lowest BCUT2D eigenvalue weighted by atomic mass is 10.2. The summed E-state index contributed by atoms with van der Waals surface area (Å²) in [5.41, 5.74) is 4.51. The Kier molecular flexibility index (Phi) is 5.80. The first-order valence-corrected chi connectivity index (χ1v) is 10.7. The molecule has 2 heterocycles. The number of thioether (sulfide) groups is 1. The van der Waals surface area contributed by atoms with Gasteiger partial charge in [-0.1, -0.05) is 36.0 Å². The van der Waals surface area contributed by atoms with E-state index in [0.717, 1.165) is 37.4 Å². The molecular formula is C21H24N6OS. The van der Waals surface area contributed by atoms with Crippen LogP contribution in [0.25, 0.3) is 5.69 Å². The Morgan fingerprint density at radius 3 is 2.31 bits per heavy atom. The number of benzene rings is 2. The average Bonchev–Trinajstić information content (AvgIpc) is 3.21. The molecule has 4 rings (SSSR count). The topological polar surface area (TPSA) is 67.2 Å². The summed E-state index contributed by atoms with van der Waals surface area (Å²) < 4.78 is 1.68. The van der Waals surface area contributed by atoms with Crippen LogP contribution in [0.4, 0.5) is 5.69 Å². The van der Waals surface area contributed by atoms with Gasteiger partial charge in [0, 0.05) is 31.9 Å². The average molecular weight is 409 g/mol. The van der Waals surface area contributed by atoms with Crippen molar-refractivity contribution in [2.75, 3.05) is 36.8 Å². The van der Waals surface area contributed by atoms with E-state index in [1.807, 2.05) is 36.1 Å². The van der Waals surface area contributed by atoms with Crippen molar-refractivity contribution >= 4 is 23.4 Å². The maximum Gasteiger partial charge on any atom is 0.233 e. The number of nitrogens with zero attached hydrogens (tertiary/aromatic N) is 6. The van der Waals surface area contributed by atoms with Gasteiger partial charge in [-0.15, -0.1) is 5.10 Å². The molecule has 0 saturated carbocycles. The first kappa shape index (κ1) is 19.4. The number of piperazine rings is 1. The monoisotopic (exact) mass is 408 g/mol. The molecule has 1 aliphatic heterocycles. The molecule has 0 spiro atoms. The molecular weight excluding hydrogens is 384 g/mol. The number of rotatable bonds is 5. The van der Waals surface area contributed by atoms with Gasteiger partial charge in [-0.3, -0.25) is 4.79 Å². The number of hydrogen-bond donors (Lipinski definition) is 0. The highest BCUT2D eigenvalue weighted by Crippen LogP contribution is 2.21. The van der Waals surface area contributed by atoms with Gasteiger partial charge in [-0.05, 0) is 59.7 Å². The van der Waals surface area contributed by atoms with Crippen molar-refractivity contribution in [2.45, 2.75) is 19.0 Å². The Bertz CT molecular complexity index is 996. The van der Waals surface area contributed by atoms with Gasteiger partial charge in [0.15, 0.2) is 0 Å². The van der Waals surface area contributed by atoms with E-state index >= 15 is 0 Å². The summed E-state index contributed by atoms with van der Waals surface area (Å²) in [5.74, 6) is 0.453. The lowest BCUT2D eigenvalue weighted by Crippen LogP contribution is -2.49. The number of hydrogen-bond acceptors (Lipinski definition) is 6. The number of tetrazole rings is 1. The predicted octanol–water partition coefficient (Wildman–Crippen LogP) is 2.72. The Hall–Kier alpha value is -2.87. The molecule has 0 unspecified atom stereocenters. The van der Waals surface area contributed by atoms with E-state index in [1.165, 1.54) is 23.0 Å². The standard InChI is InChI=1S/C21H24N6OS/c1-16-5-3-7-18(13-16)25-9-11-26(12-10-25)20(28)15-29-21-22-23-24-27(21)19-8-4-6-17(2)14-19/h3-8,13-14H,9-12,15H2,1-2H3. The molecule has 1 saturated heterocycles. The minimum Gasteiger partial charge on any atom is -0.368 e. The van der Waals surface area contributed by atoms with Crippen LogP contribution < -0.4 is 4.90 Å². The van der Waals surface area contributed by atoms with Gasteiger partial charge in [0.05, 0.1) is 11.4 Å². The van der Waals surface area contributed by atoms with Crippen molar-refractivity contribution in [2.24, 2.45) is 0 Å². The zero-order valence-corrected chi connectivity index (χ0v) is 17.5. The van der Waals surface area contributed by atoms with Crippen LogP contribution in [0.3, 0.4) is 0 Å². The van der Waals surface area contributed by atoms with Crippen molar-refractivity contribution in [3.8, 4) is 5.69 Å². The van der Waals surface area contributed by atoms with Crippen LogP contribution in [0.5, 0.6) is 0 Å². The molecule has 0 radical (unpaired) electrons. The van der Waals surface area contributed by atoms with Gasteiger partial charge in [0.2, 0.25) is 11.1 Å². The Morgan fingerprint density at radius 1 is 0.966 bits per heavy atom. The third-order valence-corrected chi connectivity index (χ3v) is 5.92. The number of aryl methyl sites for hydroxylation is 2. The number of aromatic nitrogens is 4. The Balaban J connectivity index is 1.33. The van der Waals surface area contributed by atoms with E-state index in [-0.39, 0.29) is 5.91 Å². The molecule has 1 fully saturated rings. The van der Waals surface area contributed by atoms with Crippen molar-refractivity contribution < 1.29 is 4.79 Å². The molecule has 2 aromatic carbocycles. The fourth-order valence-corrected chi connectivity index (χ4v) is 4.24. The van der Waals surface area contributed by atoms with Gasteiger partial charge in [-0.2, -0.15) is 4.68 Å². The molecule has 0 bridgehead atoms.